The van der Waals surface area contributed by atoms with Gasteiger partial charge in [-0.2, -0.15) is 20.7 Å². The molecule has 1 fully saturated rings. The Kier molecular flexibility index (Phi) is 7.33. The predicted molar refractivity (Wildman–Crippen MR) is 154 cm³/mol. The summed E-state index contributed by atoms with van der Waals surface area (Å²) in [5, 5.41) is 32.3. The SMILES string of the molecule is Cc1c(-c2cc(Sc3ccccc3C#N)c3c(C#N)cnn3c2)cnn1C1CCC(NCc2ccccn2)CC1. The van der Waals surface area contributed by atoms with Crippen molar-refractivity contribution in [2.75, 3.05) is 0 Å². The fourth-order valence-electron chi connectivity index (χ4n) is 5.51. The van der Waals surface area contributed by atoms with E-state index in [2.05, 4.69) is 51.3 Å². The molecule has 1 N–H and O–H groups in total. The average molecular weight is 545 g/mol. The second kappa shape index (κ2) is 11.4. The van der Waals surface area contributed by atoms with Crippen LogP contribution in [-0.4, -0.2) is 30.4 Å². The molecule has 4 aromatic heterocycles. The lowest BCUT2D eigenvalue weighted by Gasteiger charge is -2.30. The molecule has 6 rings (SSSR count). The zero-order chi connectivity index (χ0) is 27.5. The fourth-order valence-corrected chi connectivity index (χ4v) is 6.60. The van der Waals surface area contributed by atoms with E-state index in [9.17, 15) is 10.5 Å². The van der Waals surface area contributed by atoms with Gasteiger partial charge in [-0.1, -0.05) is 30.0 Å². The Morgan fingerprint density at radius 1 is 0.950 bits per heavy atom. The van der Waals surface area contributed by atoms with Crippen LogP contribution in [-0.2, 0) is 6.54 Å². The molecule has 1 aliphatic carbocycles. The molecule has 0 saturated heterocycles. The van der Waals surface area contributed by atoms with Gasteiger partial charge in [0.25, 0.3) is 0 Å². The van der Waals surface area contributed by atoms with Gasteiger partial charge in [0, 0.05) is 51.6 Å². The number of hydrogen-bond acceptors (Lipinski definition) is 7. The average Bonchev–Trinajstić information content (AvgIpc) is 3.60. The van der Waals surface area contributed by atoms with E-state index in [0.29, 0.717) is 23.2 Å². The Morgan fingerprint density at radius 3 is 2.52 bits per heavy atom. The molecule has 1 saturated carbocycles. The van der Waals surface area contributed by atoms with Crippen LogP contribution in [0.1, 0.15) is 54.2 Å². The van der Waals surface area contributed by atoms with Crippen LogP contribution in [0.3, 0.4) is 0 Å². The standard InChI is InChI=1S/C31H28N8S/c1-21-28(19-37-39(21)27-11-9-25(10-12-27)35-18-26-7-4-5-13-34-26)23-14-30(31-24(16-33)17-36-38(31)20-23)40-29-8-3-2-6-22(29)15-32/h2-8,13-14,17,19-20,25,27,35H,9-12,18H2,1H3. The Balaban J connectivity index is 1.24. The molecule has 5 aromatic rings. The molecule has 198 valence electrons. The molecule has 1 aromatic carbocycles. The van der Waals surface area contributed by atoms with Crippen molar-refractivity contribution in [3.63, 3.8) is 0 Å². The minimum atomic E-state index is 0.358. The number of hydrogen-bond donors (Lipinski definition) is 1. The van der Waals surface area contributed by atoms with E-state index in [1.165, 1.54) is 11.8 Å². The Morgan fingerprint density at radius 2 is 1.75 bits per heavy atom. The maximum atomic E-state index is 9.72. The maximum Gasteiger partial charge on any atom is 0.103 e. The van der Waals surface area contributed by atoms with Crippen LogP contribution in [0.15, 0.2) is 83.1 Å². The maximum absolute atomic E-state index is 9.72. The van der Waals surface area contributed by atoms with Gasteiger partial charge in [0.1, 0.15) is 12.1 Å². The molecule has 4 heterocycles. The van der Waals surface area contributed by atoms with Crippen LogP contribution in [0.25, 0.3) is 16.6 Å². The van der Waals surface area contributed by atoms with Gasteiger partial charge >= 0.3 is 0 Å². The monoisotopic (exact) mass is 544 g/mol. The summed E-state index contributed by atoms with van der Waals surface area (Å²) in [5.74, 6) is 0. The summed E-state index contributed by atoms with van der Waals surface area (Å²) in [6.07, 6.45) is 11.7. The third-order valence-corrected chi connectivity index (χ3v) is 8.73. The zero-order valence-corrected chi connectivity index (χ0v) is 23.0. The van der Waals surface area contributed by atoms with E-state index in [4.69, 9.17) is 5.10 Å². The van der Waals surface area contributed by atoms with Crippen LogP contribution >= 0.6 is 11.8 Å². The molecule has 0 aliphatic heterocycles. The van der Waals surface area contributed by atoms with Crippen LogP contribution in [0.4, 0.5) is 0 Å². The van der Waals surface area contributed by atoms with Crippen molar-refractivity contribution in [1.29, 1.82) is 10.5 Å². The summed E-state index contributed by atoms with van der Waals surface area (Å²) in [6, 6.07) is 21.0. The first-order valence-corrected chi connectivity index (χ1v) is 14.2. The molecule has 0 atom stereocenters. The van der Waals surface area contributed by atoms with Gasteiger partial charge in [-0.3, -0.25) is 9.67 Å². The summed E-state index contributed by atoms with van der Waals surface area (Å²) < 4.78 is 3.94. The van der Waals surface area contributed by atoms with Crippen molar-refractivity contribution in [1.82, 2.24) is 29.7 Å². The zero-order valence-electron chi connectivity index (χ0n) is 22.2. The number of nitriles is 2. The first kappa shape index (κ1) is 25.8. The number of benzene rings is 1. The fraction of sp³-hybridized carbons (Fsp3) is 0.258. The lowest BCUT2D eigenvalue weighted by atomic mass is 9.91. The van der Waals surface area contributed by atoms with E-state index in [0.717, 1.165) is 70.1 Å². The lowest BCUT2D eigenvalue weighted by Crippen LogP contribution is -2.34. The highest BCUT2D eigenvalue weighted by molar-refractivity contribution is 7.99. The third-order valence-electron chi connectivity index (χ3n) is 7.62. The molecule has 0 unspecified atom stereocenters. The largest absolute Gasteiger partial charge is 0.308 e. The number of rotatable bonds is 7. The minimum absolute atomic E-state index is 0.358. The van der Waals surface area contributed by atoms with Gasteiger partial charge in [-0.25, -0.2) is 4.52 Å². The highest BCUT2D eigenvalue weighted by Gasteiger charge is 2.25. The Hall–Kier alpha value is -4.44. The molecule has 1 aliphatic rings. The minimum Gasteiger partial charge on any atom is -0.308 e. The summed E-state index contributed by atoms with van der Waals surface area (Å²) >= 11 is 1.48. The molecule has 40 heavy (non-hydrogen) atoms. The van der Waals surface area contributed by atoms with Crippen LogP contribution in [0, 0.1) is 29.6 Å². The Bertz CT molecular complexity index is 1730. The van der Waals surface area contributed by atoms with Gasteiger partial charge < -0.3 is 5.32 Å². The molecule has 0 radical (unpaired) electrons. The molecular formula is C31H28N8S. The van der Waals surface area contributed by atoms with Crippen molar-refractivity contribution in [3.05, 3.63) is 95.8 Å². The summed E-state index contributed by atoms with van der Waals surface area (Å²) in [6.45, 7) is 2.92. The van der Waals surface area contributed by atoms with Gasteiger partial charge in [0.15, 0.2) is 0 Å². The molecule has 9 heteroatoms. The topological polar surface area (TPSA) is 108 Å². The van der Waals surface area contributed by atoms with Gasteiger partial charge in [0.05, 0.1) is 40.8 Å². The first-order valence-electron chi connectivity index (χ1n) is 13.4. The van der Waals surface area contributed by atoms with Crippen LogP contribution < -0.4 is 5.32 Å². The highest BCUT2D eigenvalue weighted by Crippen LogP contribution is 2.38. The number of aromatic nitrogens is 5. The molecule has 8 nitrogen and oxygen atoms in total. The number of nitrogens with zero attached hydrogens (tertiary/aromatic N) is 7. The van der Waals surface area contributed by atoms with Gasteiger partial charge in [-0.15, -0.1) is 0 Å². The van der Waals surface area contributed by atoms with E-state index >= 15 is 0 Å². The highest BCUT2D eigenvalue weighted by atomic mass is 32.2. The second-order valence-electron chi connectivity index (χ2n) is 10.1. The van der Waals surface area contributed by atoms with E-state index in [-0.39, 0.29) is 0 Å². The van der Waals surface area contributed by atoms with E-state index < -0.39 is 0 Å². The number of nitrogens with one attached hydrogen (secondary N) is 1. The summed E-state index contributed by atoms with van der Waals surface area (Å²) in [7, 11) is 0. The lowest BCUT2D eigenvalue weighted by molar-refractivity contribution is 0.272. The van der Waals surface area contributed by atoms with E-state index in [1.807, 2.05) is 55.0 Å². The normalized spacial score (nSPS) is 17.0. The third kappa shape index (κ3) is 5.10. The summed E-state index contributed by atoms with van der Waals surface area (Å²) in [5.41, 5.74) is 6.05. The van der Waals surface area contributed by atoms with Crippen LogP contribution in [0.5, 0.6) is 0 Å². The first-order chi connectivity index (χ1) is 19.6. The van der Waals surface area contributed by atoms with Crippen molar-refractivity contribution in [2.45, 2.75) is 61.0 Å². The number of fused-ring (bicyclic) bond motifs is 1. The second-order valence-corrected chi connectivity index (χ2v) is 11.1. The molecule has 0 amide bonds. The quantitative estimate of drug-likeness (QED) is 0.265. The molecule has 0 bridgehead atoms. The van der Waals surface area contributed by atoms with Crippen LogP contribution in [0.2, 0.25) is 0 Å². The molecular weight excluding hydrogens is 516 g/mol. The summed E-state index contributed by atoms with van der Waals surface area (Å²) in [4.78, 5) is 6.14. The Labute approximate surface area is 237 Å². The van der Waals surface area contributed by atoms with Crippen molar-refractivity contribution >= 4 is 17.3 Å². The van der Waals surface area contributed by atoms with Crippen molar-refractivity contribution < 1.29 is 0 Å². The predicted octanol–water partition coefficient (Wildman–Crippen LogP) is 6.07. The van der Waals surface area contributed by atoms with E-state index in [1.54, 1.807) is 10.7 Å². The molecule has 0 spiro atoms. The number of pyridine rings is 2. The van der Waals surface area contributed by atoms with Crippen molar-refractivity contribution in [3.8, 4) is 23.3 Å². The van der Waals surface area contributed by atoms with Crippen molar-refractivity contribution in [2.24, 2.45) is 0 Å². The smallest absolute Gasteiger partial charge is 0.103 e. The van der Waals surface area contributed by atoms with Gasteiger partial charge in [-0.05, 0) is 62.9 Å². The van der Waals surface area contributed by atoms with Gasteiger partial charge in [0.2, 0.25) is 0 Å².